The quantitative estimate of drug-likeness (QED) is 0.537. The van der Waals surface area contributed by atoms with E-state index in [1.165, 1.54) is 18.2 Å². The van der Waals surface area contributed by atoms with Crippen LogP contribution in [0.15, 0.2) is 59.5 Å². The average Bonchev–Trinajstić information content (AvgIpc) is 2.65. The number of amides is 1. The number of para-hydroxylation sites is 1. The predicted molar refractivity (Wildman–Crippen MR) is 106 cm³/mol. The minimum atomic E-state index is -3.50. The second-order valence-corrected chi connectivity index (χ2v) is 7.74. The van der Waals surface area contributed by atoms with E-state index >= 15 is 0 Å². The van der Waals surface area contributed by atoms with Gasteiger partial charge in [-0.25, -0.2) is 13.2 Å². The summed E-state index contributed by atoms with van der Waals surface area (Å²) < 4.78 is 33.7. The average molecular weight is 403 g/mol. The second-order valence-electron chi connectivity index (χ2n) is 5.76. The summed E-state index contributed by atoms with van der Waals surface area (Å²) in [5.74, 6) is -0.604. The molecule has 0 fully saturated rings. The highest BCUT2D eigenvalue weighted by Crippen LogP contribution is 2.20. The summed E-state index contributed by atoms with van der Waals surface area (Å²) in [6.07, 6.45) is 3.80. The number of nitrogens with one attached hydrogen (secondary N) is 1. The van der Waals surface area contributed by atoms with Crippen molar-refractivity contribution in [2.45, 2.75) is 11.8 Å². The first-order valence-electron chi connectivity index (χ1n) is 8.46. The van der Waals surface area contributed by atoms with Crippen molar-refractivity contribution in [1.29, 1.82) is 0 Å². The SMILES string of the molecule is CCOc1ccc(/C=C/C(=O)OCC(=O)Nc2ccccc2S(C)(=O)=O)cc1. The van der Waals surface area contributed by atoms with Gasteiger partial charge in [-0.05, 0) is 42.8 Å². The Bertz CT molecular complexity index is 964. The van der Waals surface area contributed by atoms with Gasteiger partial charge in [-0.2, -0.15) is 0 Å². The topological polar surface area (TPSA) is 98.8 Å². The molecule has 0 spiro atoms. The van der Waals surface area contributed by atoms with Crippen LogP contribution in [0.5, 0.6) is 5.75 Å². The Morgan fingerprint density at radius 3 is 2.39 bits per heavy atom. The zero-order chi connectivity index (χ0) is 20.6. The van der Waals surface area contributed by atoms with E-state index in [4.69, 9.17) is 9.47 Å². The highest BCUT2D eigenvalue weighted by atomic mass is 32.2. The maximum absolute atomic E-state index is 11.9. The molecule has 2 aromatic carbocycles. The van der Waals surface area contributed by atoms with Gasteiger partial charge in [0, 0.05) is 12.3 Å². The smallest absolute Gasteiger partial charge is 0.331 e. The standard InChI is InChI=1S/C20H21NO6S/c1-3-26-16-11-8-15(9-12-16)10-13-20(23)27-14-19(22)21-17-6-4-5-7-18(17)28(2,24)25/h4-13H,3,14H2,1-2H3,(H,21,22)/b13-10+. The third-order valence-corrected chi connectivity index (χ3v) is 4.66. The molecular formula is C20H21NO6S. The molecule has 0 bridgehead atoms. The van der Waals surface area contributed by atoms with Crippen LogP contribution in [0, 0.1) is 0 Å². The third-order valence-electron chi connectivity index (χ3n) is 3.51. The molecule has 148 valence electrons. The maximum Gasteiger partial charge on any atom is 0.331 e. The lowest BCUT2D eigenvalue weighted by Crippen LogP contribution is -2.21. The van der Waals surface area contributed by atoms with Gasteiger partial charge in [0.1, 0.15) is 5.75 Å². The number of rotatable bonds is 8. The van der Waals surface area contributed by atoms with Crippen molar-refractivity contribution in [3.63, 3.8) is 0 Å². The number of esters is 1. The van der Waals surface area contributed by atoms with Crippen molar-refractivity contribution >= 4 is 33.5 Å². The molecule has 0 unspecified atom stereocenters. The Morgan fingerprint density at radius 2 is 1.75 bits per heavy atom. The molecule has 0 saturated carbocycles. The van der Waals surface area contributed by atoms with Crippen LogP contribution < -0.4 is 10.1 Å². The van der Waals surface area contributed by atoms with Gasteiger partial charge in [-0.15, -0.1) is 0 Å². The summed E-state index contributed by atoms with van der Waals surface area (Å²) in [6.45, 7) is 1.92. The van der Waals surface area contributed by atoms with Crippen molar-refractivity contribution in [2.75, 3.05) is 24.8 Å². The molecule has 28 heavy (non-hydrogen) atoms. The highest BCUT2D eigenvalue weighted by Gasteiger charge is 2.15. The van der Waals surface area contributed by atoms with Gasteiger partial charge in [0.05, 0.1) is 17.2 Å². The van der Waals surface area contributed by atoms with Gasteiger partial charge in [0.2, 0.25) is 0 Å². The summed E-state index contributed by atoms with van der Waals surface area (Å²) in [5.41, 5.74) is 0.905. The van der Waals surface area contributed by atoms with Gasteiger partial charge < -0.3 is 14.8 Å². The van der Waals surface area contributed by atoms with Gasteiger partial charge in [-0.3, -0.25) is 4.79 Å². The first-order valence-corrected chi connectivity index (χ1v) is 10.4. The Balaban J connectivity index is 1.88. The van der Waals surface area contributed by atoms with Crippen LogP contribution >= 0.6 is 0 Å². The molecule has 0 aliphatic carbocycles. The van der Waals surface area contributed by atoms with Gasteiger partial charge in [0.15, 0.2) is 16.4 Å². The molecule has 0 aliphatic heterocycles. The van der Waals surface area contributed by atoms with Crippen LogP contribution in [-0.4, -0.2) is 39.8 Å². The van der Waals surface area contributed by atoms with E-state index in [1.807, 2.05) is 6.92 Å². The lowest BCUT2D eigenvalue weighted by atomic mass is 10.2. The second kappa shape index (κ2) is 9.70. The van der Waals surface area contributed by atoms with E-state index in [0.717, 1.165) is 17.6 Å². The summed E-state index contributed by atoms with van der Waals surface area (Å²) in [5, 5.41) is 2.43. The van der Waals surface area contributed by atoms with Crippen LogP contribution in [0.4, 0.5) is 5.69 Å². The van der Waals surface area contributed by atoms with E-state index in [2.05, 4.69) is 5.32 Å². The molecule has 0 radical (unpaired) electrons. The molecule has 2 aromatic rings. The monoisotopic (exact) mass is 403 g/mol. The normalized spacial score (nSPS) is 11.2. The van der Waals surface area contributed by atoms with Gasteiger partial charge in [-0.1, -0.05) is 24.3 Å². The van der Waals surface area contributed by atoms with Crippen LogP contribution in [0.1, 0.15) is 12.5 Å². The molecule has 0 aromatic heterocycles. The number of ether oxygens (including phenoxy) is 2. The first-order chi connectivity index (χ1) is 13.3. The number of benzene rings is 2. The summed E-state index contributed by atoms with van der Waals surface area (Å²) in [6, 6.07) is 13.1. The Morgan fingerprint density at radius 1 is 1.07 bits per heavy atom. The van der Waals surface area contributed by atoms with Gasteiger partial charge in [0.25, 0.3) is 5.91 Å². The number of hydrogen-bond donors (Lipinski definition) is 1. The van der Waals surface area contributed by atoms with E-state index < -0.39 is 28.3 Å². The Hall–Kier alpha value is -3.13. The van der Waals surface area contributed by atoms with E-state index in [1.54, 1.807) is 42.5 Å². The fourth-order valence-electron chi connectivity index (χ4n) is 2.27. The van der Waals surface area contributed by atoms with Crippen molar-refractivity contribution in [3.8, 4) is 5.75 Å². The Kier molecular flexibility index (Phi) is 7.34. The zero-order valence-corrected chi connectivity index (χ0v) is 16.4. The number of hydrogen-bond acceptors (Lipinski definition) is 6. The Labute approximate surface area is 163 Å². The van der Waals surface area contributed by atoms with Gasteiger partial charge >= 0.3 is 5.97 Å². The minimum absolute atomic E-state index is 0.00919. The molecule has 0 saturated heterocycles. The summed E-state index contributed by atoms with van der Waals surface area (Å²) >= 11 is 0. The van der Waals surface area contributed by atoms with E-state index in [9.17, 15) is 18.0 Å². The molecule has 1 N–H and O–H groups in total. The molecule has 8 heteroatoms. The number of carbonyl (C=O) groups is 2. The highest BCUT2D eigenvalue weighted by molar-refractivity contribution is 7.90. The van der Waals surface area contributed by atoms with Crippen molar-refractivity contribution in [1.82, 2.24) is 0 Å². The maximum atomic E-state index is 11.9. The lowest BCUT2D eigenvalue weighted by Gasteiger charge is -2.09. The zero-order valence-electron chi connectivity index (χ0n) is 15.5. The van der Waals surface area contributed by atoms with Crippen LogP contribution in [0.2, 0.25) is 0 Å². The van der Waals surface area contributed by atoms with Crippen LogP contribution in [0.3, 0.4) is 0 Å². The van der Waals surface area contributed by atoms with Crippen molar-refractivity contribution in [2.24, 2.45) is 0 Å². The fourth-order valence-corrected chi connectivity index (χ4v) is 3.11. The number of anilines is 1. The third kappa shape index (κ3) is 6.55. The number of carbonyl (C=O) groups excluding carboxylic acids is 2. The molecule has 0 atom stereocenters. The largest absolute Gasteiger partial charge is 0.494 e. The lowest BCUT2D eigenvalue weighted by molar-refractivity contribution is -0.142. The predicted octanol–water partition coefficient (Wildman–Crippen LogP) is 2.68. The van der Waals surface area contributed by atoms with Crippen LogP contribution in [-0.2, 0) is 24.2 Å². The molecule has 0 heterocycles. The van der Waals surface area contributed by atoms with E-state index in [0.29, 0.717) is 6.61 Å². The van der Waals surface area contributed by atoms with E-state index in [-0.39, 0.29) is 10.6 Å². The summed E-state index contributed by atoms with van der Waals surface area (Å²) in [4.78, 5) is 23.7. The molecule has 0 aliphatic rings. The molecule has 2 rings (SSSR count). The first kappa shape index (κ1) is 21.2. The van der Waals surface area contributed by atoms with Crippen molar-refractivity contribution < 1.29 is 27.5 Å². The molecule has 1 amide bonds. The molecular weight excluding hydrogens is 382 g/mol. The minimum Gasteiger partial charge on any atom is -0.494 e. The van der Waals surface area contributed by atoms with Crippen molar-refractivity contribution in [3.05, 3.63) is 60.2 Å². The number of sulfone groups is 1. The van der Waals surface area contributed by atoms with Crippen LogP contribution in [0.25, 0.3) is 6.08 Å². The summed E-state index contributed by atoms with van der Waals surface area (Å²) in [7, 11) is -3.50. The molecule has 7 nitrogen and oxygen atoms in total. The fraction of sp³-hybridized carbons (Fsp3) is 0.200.